The van der Waals surface area contributed by atoms with E-state index in [9.17, 15) is 4.79 Å². The van der Waals surface area contributed by atoms with Gasteiger partial charge in [0, 0.05) is 12.6 Å². The van der Waals surface area contributed by atoms with Crippen molar-refractivity contribution in [3.05, 3.63) is 0 Å². The standard InChI is InChI=1S/C11H20N2O2.ClH/c1-7(9-3-4-9)13-11(14)10-8(2)15-6-5-12-10;/h7-10,12H,3-6H2,1-2H3,(H,13,14);1H/t7?,8-,10+;/m1./s1. The topological polar surface area (TPSA) is 50.4 Å². The van der Waals surface area contributed by atoms with Gasteiger partial charge in [0.2, 0.25) is 5.91 Å². The summed E-state index contributed by atoms with van der Waals surface area (Å²) in [4.78, 5) is 11.9. The van der Waals surface area contributed by atoms with E-state index in [-0.39, 0.29) is 30.5 Å². The van der Waals surface area contributed by atoms with Crippen molar-refractivity contribution in [3.8, 4) is 0 Å². The van der Waals surface area contributed by atoms with Crippen molar-refractivity contribution in [1.82, 2.24) is 10.6 Å². The predicted octanol–water partition coefficient (Wildman–Crippen LogP) is 0.700. The lowest BCUT2D eigenvalue weighted by Crippen LogP contribution is -2.56. The molecule has 2 aliphatic rings. The first-order chi connectivity index (χ1) is 7.18. The number of carbonyl (C=O) groups excluding carboxylic acids is 1. The Kier molecular flexibility index (Phi) is 5.02. The number of hydrogen-bond acceptors (Lipinski definition) is 3. The van der Waals surface area contributed by atoms with Crippen LogP contribution in [0, 0.1) is 5.92 Å². The molecular formula is C11H21ClN2O2. The largest absolute Gasteiger partial charge is 0.375 e. The molecule has 1 amide bonds. The Morgan fingerprint density at radius 1 is 1.50 bits per heavy atom. The van der Waals surface area contributed by atoms with E-state index in [1.807, 2.05) is 6.92 Å². The average Bonchev–Trinajstić information content (AvgIpc) is 3.01. The lowest BCUT2D eigenvalue weighted by Gasteiger charge is -2.30. The van der Waals surface area contributed by atoms with Gasteiger partial charge in [-0.25, -0.2) is 0 Å². The molecule has 94 valence electrons. The maximum Gasteiger partial charge on any atom is 0.240 e. The van der Waals surface area contributed by atoms with Crippen molar-refractivity contribution in [3.63, 3.8) is 0 Å². The highest BCUT2D eigenvalue weighted by Crippen LogP contribution is 2.32. The van der Waals surface area contributed by atoms with E-state index in [0.717, 1.165) is 6.54 Å². The molecule has 0 aromatic rings. The van der Waals surface area contributed by atoms with Crippen molar-refractivity contribution in [2.24, 2.45) is 5.92 Å². The summed E-state index contributed by atoms with van der Waals surface area (Å²) in [6.45, 7) is 5.49. The number of carbonyl (C=O) groups is 1. The number of halogens is 1. The maximum absolute atomic E-state index is 11.9. The number of amides is 1. The highest BCUT2D eigenvalue weighted by Gasteiger charge is 2.33. The van der Waals surface area contributed by atoms with Crippen molar-refractivity contribution in [1.29, 1.82) is 0 Å². The lowest BCUT2D eigenvalue weighted by atomic mass is 10.1. The molecule has 1 heterocycles. The molecule has 1 saturated carbocycles. The normalized spacial score (nSPS) is 31.4. The number of nitrogens with one attached hydrogen (secondary N) is 2. The predicted molar refractivity (Wildman–Crippen MR) is 64.8 cm³/mol. The van der Waals surface area contributed by atoms with Crippen LogP contribution in [0.3, 0.4) is 0 Å². The van der Waals surface area contributed by atoms with Crippen LogP contribution < -0.4 is 10.6 Å². The van der Waals surface area contributed by atoms with Gasteiger partial charge in [-0.1, -0.05) is 0 Å². The van der Waals surface area contributed by atoms with Gasteiger partial charge in [-0.05, 0) is 32.6 Å². The monoisotopic (exact) mass is 248 g/mol. The summed E-state index contributed by atoms with van der Waals surface area (Å²) >= 11 is 0. The quantitative estimate of drug-likeness (QED) is 0.773. The third kappa shape index (κ3) is 3.34. The zero-order valence-corrected chi connectivity index (χ0v) is 10.7. The molecule has 3 atom stereocenters. The van der Waals surface area contributed by atoms with Gasteiger partial charge in [-0.3, -0.25) is 4.79 Å². The third-order valence-electron chi connectivity index (χ3n) is 3.30. The fourth-order valence-electron chi connectivity index (χ4n) is 2.06. The molecule has 2 fully saturated rings. The summed E-state index contributed by atoms with van der Waals surface area (Å²) < 4.78 is 5.45. The minimum absolute atomic E-state index is 0. The molecule has 0 aromatic heterocycles. The van der Waals surface area contributed by atoms with Gasteiger partial charge >= 0.3 is 0 Å². The number of rotatable bonds is 3. The smallest absolute Gasteiger partial charge is 0.240 e. The van der Waals surface area contributed by atoms with Crippen molar-refractivity contribution in [2.75, 3.05) is 13.2 Å². The molecule has 1 saturated heterocycles. The van der Waals surface area contributed by atoms with Crippen LogP contribution in [-0.4, -0.2) is 37.2 Å². The fraction of sp³-hybridized carbons (Fsp3) is 0.909. The molecule has 1 aliphatic carbocycles. The van der Waals surface area contributed by atoms with Gasteiger partial charge < -0.3 is 15.4 Å². The second-order valence-electron chi connectivity index (χ2n) is 4.64. The third-order valence-corrected chi connectivity index (χ3v) is 3.30. The number of hydrogen-bond donors (Lipinski definition) is 2. The molecule has 0 bridgehead atoms. The molecule has 1 aliphatic heterocycles. The molecular weight excluding hydrogens is 228 g/mol. The van der Waals surface area contributed by atoms with Crippen LogP contribution in [0.25, 0.3) is 0 Å². The molecule has 4 nitrogen and oxygen atoms in total. The van der Waals surface area contributed by atoms with Crippen molar-refractivity contribution < 1.29 is 9.53 Å². The van der Waals surface area contributed by atoms with Gasteiger partial charge in [0.05, 0.1) is 12.7 Å². The van der Waals surface area contributed by atoms with E-state index >= 15 is 0 Å². The van der Waals surface area contributed by atoms with Gasteiger partial charge in [-0.15, -0.1) is 12.4 Å². The Morgan fingerprint density at radius 3 is 2.75 bits per heavy atom. The fourth-order valence-corrected chi connectivity index (χ4v) is 2.06. The maximum atomic E-state index is 11.9. The van der Waals surface area contributed by atoms with E-state index in [2.05, 4.69) is 17.6 Å². The number of ether oxygens (including phenoxy) is 1. The Balaban J connectivity index is 0.00000128. The van der Waals surface area contributed by atoms with E-state index < -0.39 is 0 Å². The van der Waals surface area contributed by atoms with E-state index in [4.69, 9.17) is 4.74 Å². The summed E-state index contributed by atoms with van der Waals surface area (Å²) in [6, 6.07) is 0.133. The second-order valence-corrected chi connectivity index (χ2v) is 4.64. The first-order valence-corrected chi connectivity index (χ1v) is 5.84. The minimum Gasteiger partial charge on any atom is -0.375 e. The van der Waals surface area contributed by atoms with Crippen LogP contribution >= 0.6 is 12.4 Å². The van der Waals surface area contributed by atoms with Crippen LogP contribution in [-0.2, 0) is 9.53 Å². The zero-order chi connectivity index (χ0) is 10.8. The minimum atomic E-state index is -0.181. The van der Waals surface area contributed by atoms with Crippen molar-refractivity contribution >= 4 is 18.3 Å². The molecule has 0 spiro atoms. The van der Waals surface area contributed by atoms with Gasteiger partial charge in [0.1, 0.15) is 6.04 Å². The SMILES string of the molecule is CC(NC(=O)[C@H]1NCCO[C@@H]1C)C1CC1.Cl. The molecule has 0 aromatic carbocycles. The van der Waals surface area contributed by atoms with Crippen LogP contribution in [0.4, 0.5) is 0 Å². The number of morpholine rings is 1. The highest BCUT2D eigenvalue weighted by molar-refractivity contribution is 5.85. The first kappa shape index (κ1) is 13.7. The van der Waals surface area contributed by atoms with Crippen LogP contribution in [0.2, 0.25) is 0 Å². The van der Waals surface area contributed by atoms with E-state index in [0.29, 0.717) is 18.6 Å². The van der Waals surface area contributed by atoms with Gasteiger partial charge in [-0.2, -0.15) is 0 Å². The first-order valence-electron chi connectivity index (χ1n) is 5.84. The molecule has 2 N–H and O–H groups in total. The van der Waals surface area contributed by atoms with Crippen LogP contribution in [0.15, 0.2) is 0 Å². The molecule has 0 radical (unpaired) electrons. The Labute approximate surface area is 103 Å². The summed E-state index contributed by atoms with van der Waals surface area (Å²) in [7, 11) is 0. The lowest BCUT2D eigenvalue weighted by molar-refractivity contribution is -0.129. The molecule has 2 rings (SSSR count). The highest BCUT2D eigenvalue weighted by atomic mass is 35.5. The summed E-state index contributed by atoms with van der Waals surface area (Å²) in [5.74, 6) is 0.787. The second kappa shape index (κ2) is 5.84. The van der Waals surface area contributed by atoms with Crippen LogP contribution in [0.1, 0.15) is 26.7 Å². The van der Waals surface area contributed by atoms with Crippen LogP contribution in [0.5, 0.6) is 0 Å². The summed E-state index contributed by atoms with van der Waals surface area (Å²) in [5.41, 5.74) is 0. The summed E-state index contributed by atoms with van der Waals surface area (Å²) in [5, 5.41) is 6.26. The van der Waals surface area contributed by atoms with Gasteiger partial charge in [0.25, 0.3) is 0 Å². The Bertz CT molecular complexity index is 246. The van der Waals surface area contributed by atoms with Crippen molar-refractivity contribution in [2.45, 2.75) is 44.9 Å². The van der Waals surface area contributed by atoms with Gasteiger partial charge in [0.15, 0.2) is 0 Å². The Hall–Kier alpha value is -0.320. The average molecular weight is 249 g/mol. The van der Waals surface area contributed by atoms with E-state index in [1.54, 1.807) is 0 Å². The Morgan fingerprint density at radius 2 is 2.19 bits per heavy atom. The molecule has 16 heavy (non-hydrogen) atoms. The van der Waals surface area contributed by atoms with E-state index in [1.165, 1.54) is 12.8 Å². The zero-order valence-electron chi connectivity index (χ0n) is 9.86. The molecule has 5 heteroatoms. The molecule has 1 unspecified atom stereocenters. The summed E-state index contributed by atoms with van der Waals surface area (Å²) in [6.07, 6.45) is 2.49.